The van der Waals surface area contributed by atoms with Gasteiger partial charge < -0.3 is 19.5 Å². The summed E-state index contributed by atoms with van der Waals surface area (Å²) in [5.74, 6) is 2.66. The molecule has 0 atom stereocenters. The van der Waals surface area contributed by atoms with Gasteiger partial charge in [-0.15, -0.1) is 10.2 Å². The standard InChI is InChI=1S/C23H37N7O/c1-5-20-7-9-21(10-8-20)18-28(3)23(25-17-22-27-26-19(2)29(22)4)24-11-6-12-30-13-15-31-16-14-30/h7-10H,5-6,11-18H2,1-4H3,(H,24,25). The molecule has 1 N–H and O–H groups in total. The lowest BCUT2D eigenvalue weighted by molar-refractivity contribution is 0.0375. The summed E-state index contributed by atoms with van der Waals surface area (Å²) >= 11 is 0. The summed E-state index contributed by atoms with van der Waals surface area (Å²) in [6.45, 7) is 11.1. The van der Waals surface area contributed by atoms with Gasteiger partial charge in [-0.3, -0.25) is 4.90 Å². The first-order chi connectivity index (χ1) is 15.1. The van der Waals surface area contributed by atoms with Gasteiger partial charge in [0, 0.05) is 40.3 Å². The van der Waals surface area contributed by atoms with E-state index >= 15 is 0 Å². The van der Waals surface area contributed by atoms with Crippen LogP contribution in [0.25, 0.3) is 0 Å². The number of hydrogen-bond acceptors (Lipinski definition) is 5. The molecule has 0 radical (unpaired) electrons. The molecular formula is C23H37N7O. The summed E-state index contributed by atoms with van der Waals surface area (Å²) in [7, 11) is 4.07. The first kappa shape index (κ1) is 23.2. The average molecular weight is 428 g/mol. The van der Waals surface area contributed by atoms with Crippen LogP contribution in [0.3, 0.4) is 0 Å². The van der Waals surface area contributed by atoms with Crippen molar-refractivity contribution in [1.82, 2.24) is 29.9 Å². The molecule has 3 rings (SSSR count). The van der Waals surface area contributed by atoms with Crippen molar-refractivity contribution in [1.29, 1.82) is 0 Å². The average Bonchev–Trinajstić information content (AvgIpc) is 3.12. The van der Waals surface area contributed by atoms with Crippen LogP contribution in [0.5, 0.6) is 0 Å². The first-order valence-electron chi connectivity index (χ1n) is 11.3. The molecule has 1 fully saturated rings. The molecule has 0 spiro atoms. The molecule has 0 aliphatic carbocycles. The van der Waals surface area contributed by atoms with Crippen LogP contribution in [0, 0.1) is 6.92 Å². The van der Waals surface area contributed by atoms with E-state index in [4.69, 9.17) is 9.73 Å². The Hall–Kier alpha value is -2.45. The topological polar surface area (TPSA) is 70.8 Å². The van der Waals surface area contributed by atoms with E-state index in [-0.39, 0.29) is 0 Å². The number of hydrogen-bond donors (Lipinski definition) is 1. The molecule has 1 saturated heterocycles. The van der Waals surface area contributed by atoms with E-state index in [1.54, 1.807) is 0 Å². The number of guanidine groups is 1. The maximum absolute atomic E-state index is 5.44. The lowest BCUT2D eigenvalue weighted by atomic mass is 10.1. The Labute approximate surface area is 186 Å². The van der Waals surface area contributed by atoms with Crippen molar-refractivity contribution in [3.05, 3.63) is 47.0 Å². The Morgan fingerprint density at radius 1 is 1.16 bits per heavy atom. The molecular weight excluding hydrogens is 390 g/mol. The van der Waals surface area contributed by atoms with Crippen LogP contribution in [0.15, 0.2) is 29.3 Å². The van der Waals surface area contributed by atoms with Gasteiger partial charge >= 0.3 is 0 Å². The van der Waals surface area contributed by atoms with Gasteiger partial charge in [-0.25, -0.2) is 4.99 Å². The van der Waals surface area contributed by atoms with E-state index in [1.165, 1.54) is 11.1 Å². The Bertz CT molecular complexity index is 825. The molecule has 1 aromatic carbocycles. The van der Waals surface area contributed by atoms with Crippen LogP contribution in [0.2, 0.25) is 0 Å². The molecule has 170 valence electrons. The predicted octanol–water partition coefficient (Wildman–Crippen LogP) is 1.99. The maximum atomic E-state index is 5.44. The summed E-state index contributed by atoms with van der Waals surface area (Å²) in [6, 6.07) is 8.82. The molecule has 2 heterocycles. The van der Waals surface area contributed by atoms with Crippen molar-refractivity contribution in [3.63, 3.8) is 0 Å². The molecule has 0 amide bonds. The van der Waals surface area contributed by atoms with Crippen molar-refractivity contribution >= 4 is 5.96 Å². The van der Waals surface area contributed by atoms with E-state index in [0.717, 1.165) is 76.4 Å². The predicted molar refractivity (Wildman–Crippen MR) is 124 cm³/mol. The summed E-state index contributed by atoms with van der Waals surface area (Å²) in [6.07, 6.45) is 2.13. The van der Waals surface area contributed by atoms with Crippen LogP contribution >= 0.6 is 0 Å². The quantitative estimate of drug-likeness (QED) is 0.375. The SMILES string of the molecule is CCc1ccc(CN(C)C(=NCc2nnc(C)n2C)NCCCN2CCOCC2)cc1. The number of nitrogens with one attached hydrogen (secondary N) is 1. The third-order valence-corrected chi connectivity index (χ3v) is 5.80. The summed E-state index contributed by atoms with van der Waals surface area (Å²) in [5.41, 5.74) is 2.64. The van der Waals surface area contributed by atoms with E-state index < -0.39 is 0 Å². The molecule has 1 aliphatic rings. The fourth-order valence-corrected chi connectivity index (χ4v) is 3.60. The van der Waals surface area contributed by atoms with E-state index in [1.807, 2.05) is 18.5 Å². The van der Waals surface area contributed by atoms with Crippen molar-refractivity contribution in [3.8, 4) is 0 Å². The molecule has 0 unspecified atom stereocenters. The van der Waals surface area contributed by atoms with Crippen molar-refractivity contribution in [2.45, 2.75) is 39.8 Å². The fourth-order valence-electron chi connectivity index (χ4n) is 3.60. The van der Waals surface area contributed by atoms with Crippen molar-refractivity contribution in [2.24, 2.45) is 12.0 Å². The molecule has 8 heteroatoms. The highest BCUT2D eigenvalue weighted by atomic mass is 16.5. The third-order valence-electron chi connectivity index (χ3n) is 5.80. The monoisotopic (exact) mass is 427 g/mol. The van der Waals surface area contributed by atoms with Gasteiger partial charge in [0.15, 0.2) is 11.8 Å². The lowest BCUT2D eigenvalue weighted by Gasteiger charge is -2.27. The van der Waals surface area contributed by atoms with Gasteiger partial charge in [0.25, 0.3) is 0 Å². The highest BCUT2D eigenvalue weighted by Crippen LogP contribution is 2.08. The van der Waals surface area contributed by atoms with Crippen LogP contribution < -0.4 is 5.32 Å². The molecule has 2 aromatic rings. The van der Waals surface area contributed by atoms with Crippen LogP contribution in [-0.2, 0) is 31.3 Å². The second-order valence-corrected chi connectivity index (χ2v) is 8.12. The summed E-state index contributed by atoms with van der Waals surface area (Å²) < 4.78 is 7.43. The molecule has 8 nitrogen and oxygen atoms in total. The minimum Gasteiger partial charge on any atom is -0.379 e. The van der Waals surface area contributed by atoms with Gasteiger partial charge in [0.1, 0.15) is 12.4 Å². The van der Waals surface area contributed by atoms with E-state index in [0.29, 0.717) is 6.54 Å². The van der Waals surface area contributed by atoms with E-state index in [2.05, 4.69) is 63.6 Å². The van der Waals surface area contributed by atoms with Crippen LogP contribution in [0.1, 0.15) is 36.1 Å². The molecule has 1 aromatic heterocycles. The maximum Gasteiger partial charge on any atom is 0.194 e. The third kappa shape index (κ3) is 7.04. The number of nitrogens with zero attached hydrogens (tertiary/aromatic N) is 6. The zero-order valence-electron chi connectivity index (χ0n) is 19.5. The number of rotatable bonds is 9. The Kier molecular flexibility index (Phi) is 8.85. The second-order valence-electron chi connectivity index (χ2n) is 8.12. The normalized spacial score (nSPS) is 15.3. The van der Waals surface area contributed by atoms with Gasteiger partial charge in [-0.1, -0.05) is 31.2 Å². The van der Waals surface area contributed by atoms with Crippen molar-refractivity contribution in [2.75, 3.05) is 46.4 Å². The van der Waals surface area contributed by atoms with Gasteiger partial charge in [0.2, 0.25) is 0 Å². The Balaban J connectivity index is 1.60. The second kappa shape index (κ2) is 11.8. The number of benzene rings is 1. The highest BCUT2D eigenvalue weighted by Gasteiger charge is 2.12. The number of aryl methyl sites for hydroxylation is 2. The Morgan fingerprint density at radius 2 is 1.87 bits per heavy atom. The van der Waals surface area contributed by atoms with Gasteiger partial charge in [-0.2, -0.15) is 0 Å². The lowest BCUT2D eigenvalue weighted by Crippen LogP contribution is -2.41. The number of morpholine rings is 1. The zero-order chi connectivity index (χ0) is 22.1. The highest BCUT2D eigenvalue weighted by molar-refractivity contribution is 5.79. The Morgan fingerprint density at radius 3 is 2.52 bits per heavy atom. The van der Waals surface area contributed by atoms with Gasteiger partial charge in [0.05, 0.1) is 13.2 Å². The summed E-state index contributed by atoms with van der Waals surface area (Å²) in [4.78, 5) is 9.50. The number of ether oxygens (including phenoxy) is 1. The summed E-state index contributed by atoms with van der Waals surface area (Å²) in [5, 5.41) is 12.0. The first-order valence-corrected chi connectivity index (χ1v) is 11.3. The molecule has 0 saturated carbocycles. The molecule has 0 bridgehead atoms. The largest absolute Gasteiger partial charge is 0.379 e. The smallest absolute Gasteiger partial charge is 0.194 e. The molecule has 31 heavy (non-hydrogen) atoms. The zero-order valence-corrected chi connectivity index (χ0v) is 19.5. The van der Waals surface area contributed by atoms with Crippen molar-refractivity contribution < 1.29 is 4.74 Å². The minimum atomic E-state index is 0.502. The van der Waals surface area contributed by atoms with Gasteiger partial charge in [-0.05, 0) is 37.4 Å². The molecule has 1 aliphatic heterocycles. The van der Waals surface area contributed by atoms with Crippen LogP contribution in [0.4, 0.5) is 0 Å². The number of aromatic nitrogens is 3. The number of aliphatic imine (C=N–C) groups is 1. The minimum absolute atomic E-state index is 0.502. The van der Waals surface area contributed by atoms with Crippen LogP contribution in [-0.4, -0.2) is 77.0 Å². The van der Waals surface area contributed by atoms with E-state index in [9.17, 15) is 0 Å². The fraction of sp³-hybridized carbons (Fsp3) is 0.609.